The number of halogens is 1. The number of fused-ring (bicyclic) bond motifs is 4. The van der Waals surface area contributed by atoms with E-state index in [1.54, 1.807) is 36.4 Å². The monoisotopic (exact) mass is 612 g/mol. The molecule has 0 radical (unpaired) electrons. The second kappa shape index (κ2) is 13.7. The molecule has 0 aromatic heterocycles. The number of carbonyl (C=O) groups excluding carboxylic acids is 6. The second-order valence-corrected chi connectivity index (χ2v) is 11.6. The van der Waals surface area contributed by atoms with Crippen LogP contribution < -0.4 is 32.3 Å². The number of hydrogen-bond donors (Lipinski definition) is 6. The third-order valence-electron chi connectivity index (χ3n) is 7.00. The van der Waals surface area contributed by atoms with Gasteiger partial charge in [0.15, 0.2) is 0 Å². The highest BCUT2D eigenvalue weighted by Crippen LogP contribution is 2.29. The molecule has 4 atom stereocenters. The molecule has 1 heterocycles. The van der Waals surface area contributed by atoms with Crippen molar-refractivity contribution in [1.82, 2.24) is 26.6 Å². The Morgan fingerprint density at radius 3 is 2.19 bits per heavy atom. The van der Waals surface area contributed by atoms with Crippen molar-refractivity contribution in [2.24, 2.45) is 5.73 Å². The van der Waals surface area contributed by atoms with Gasteiger partial charge < -0.3 is 32.3 Å². The molecule has 7 N–H and O–H groups in total. The normalized spacial score (nSPS) is 23.4. The van der Waals surface area contributed by atoms with Crippen molar-refractivity contribution in [1.29, 1.82) is 0 Å². The summed E-state index contributed by atoms with van der Waals surface area (Å²) in [7, 11) is 0. The molecule has 0 unspecified atom stereocenters. The molecule has 13 heteroatoms. The number of nitrogens with two attached hydrogens (primary N) is 1. The maximum absolute atomic E-state index is 13.4. The maximum atomic E-state index is 13.4. The van der Waals surface area contributed by atoms with E-state index in [0.29, 0.717) is 27.3 Å². The van der Waals surface area contributed by atoms with E-state index in [9.17, 15) is 28.8 Å². The SMILES string of the molecule is CC(=O)N[C@H]1Cc2cc(Cl)cc(c2)-c2ccccc2C[C@@H](C(N)=O)NC(=O)[C@H](C)NC(=O)[C@H](C)NC(=O)C(C)(C)NC1=O. The number of primary amides is 1. The molecule has 2 bridgehead atoms. The Balaban J connectivity index is 2.12. The summed E-state index contributed by atoms with van der Waals surface area (Å²) in [6.07, 6.45) is 0.0771. The zero-order valence-electron chi connectivity index (χ0n) is 24.7. The average Bonchev–Trinajstić information content (AvgIpc) is 2.91. The number of hydrogen-bond acceptors (Lipinski definition) is 6. The molecule has 0 saturated heterocycles. The highest BCUT2D eigenvalue weighted by molar-refractivity contribution is 6.31. The van der Waals surface area contributed by atoms with E-state index in [4.69, 9.17) is 17.3 Å². The van der Waals surface area contributed by atoms with Gasteiger partial charge in [-0.2, -0.15) is 0 Å². The van der Waals surface area contributed by atoms with Crippen LogP contribution in [0.3, 0.4) is 0 Å². The first kappa shape index (κ1) is 33.1. The van der Waals surface area contributed by atoms with Crippen molar-refractivity contribution in [3.05, 3.63) is 58.6 Å². The molecule has 6 amide bonds. The standard InChI is InChI=1S/C30H37ClN6O6/c1-15-27(41)36-23(25(32)39)14-19-8-6-7-9-22(19)20-10-18(11-21(31)13-20)12-24(35-17(3)38)28(42)37-30(4,5)29(43)34-16(2)26(40)33-15/h6-11,13,15-16,23-24H,12,14H2,1-5H3,(H2,32,39)(H,33,40)(H,34,43)(H,35,38)(H,36,41)(H,37,42)/t15-,16-,23-,24-/m0/s1. The number of rotatable bonds is 2. The molecule has 1 aliphatic rings. The lowest BCUT2D eigenvalue weighted by Gasteiger charge is -2.29. The van der Waals surface area contributed by atoms with E-state index >= 15 is 0 Å². The van der Waals surface area contributed by atoms with E-state index < -0.39 is 65.1 Å². The molecule has 0 fully saturated rings. The molecule has 12 nitrogen and oxygen atoms in total. The quantitative estimate of drug-likeness (QED) is 0.286. The summed E-state index contributed by atoms with van der Waals surface area (Å²) in [5.41, 5.74) is 6.82. The van der Waals surface area contributed by atoms with E-state index in [1.807, 2.05) is 6.07 Å². The Kier molecular flexibility index (Phi) is 10.5. The average molecular weight is 613 g/mol. The van der Waals surface area contributed by atoms with Crippen LogP contribution in [-0.4, -0.2) is 65.1 Å². The van der Waals surface area contributed by atoms with E-state index in [2.05, 4.69) is 26.6 Å². The van der Waals surface area contributed by atoms with Crippen LogP contribution in [0.2, 0.25) is 5.02 Å². The van der Waals surface area contributed by atoms with Crippen LogP contribution in [0.5, 0.6) is 0 Å². The van der Waals surface area contributed by atoms with E-state index in [1.165, 1.54) is 34.6 Å². The minimum Gasteiger partial charge on any atom is -0.368 e. The van der Waals surface area contributed by atoms with Crippen molar-refractivity contribution >= 4 is 47.0 Å². The lowest BCUT2D eigenvalue weighted by Crippen LogP contribution is -2.62. The van der Waals surface area contributed by atoms with Gasteiger partial charge in [0.1, 0.15) is 29.7 Å². The van der Waals surface area contributed by atoms with E-state index in [-0.39, 0.29) is 12.8 Å². The Morgan fingerprint density at radius 1 is 0.907 bits per heavy atom. The zero-order valence-corrected chi connectivity index (χ0v) is 25.4. The molecular formula is C30H37ClN6O6. The highest BCUT2D eigenvalue weighted by Gasteiger charge is 2.35. The van der Waals surface area contributed by atoms with Crippen LogP contribution in [0, 0.1) is 0 Å². The summed E-state index contributed by atoms with van der Waals surface area (Å²) in [6.45, 7) is 7.03. The minimum atomic E-state index is -1.49. The first-order valence-corrected chi connectivity index (χ1v) is 14.1. The van der Waals surface area contributed by atoms with Gasteiger partial charge in [0.05, 0.1) is 0 Å². The van der Waals surface area contributed by atoms with Gasteiger partial charge in [-0.25, -0.2) is 0 Å². The fourth-order valence-corrected chi connectivity index (χ4v) is 4.89. The van der Waals surface area contributed by atoms with Crippen LogP contribution in [0.15, 0.2) is 42.5 Å². The summed E-state index contributed by atoms with van der Waals surface area (Å²) in [4.78, 5) is 76.6. The molecule has 2 aromatic carbocycles. The third-order valence-corrected chi connectivity index (χ3v) is 7.22. The van der Waals surface area contributed by atoms with Crippen molar-refractivity contribution in [3.63, 3.8) is 0 Å². The van der Waals surface area contributed by atoms with Gasteiger partial charge in [-0.3, -0.25) is 28.8 Å². The van der Waals surface area contributed by atoms with Gasteiger partial charge in [-0.05, 0) is 62.1 Å². The predicted molar refractivity (Wildman–Crippen MR) is 160 cm³/mol. The molecule has 0 saturated carbocycles. The second-order valence-electron chi connectivity index (χ2n) is 11.2. The minimum absolute atomic E-state index is 0.0372. The number of nitrogens with one attached hydrogen (secondary N) is 5. The predicted octanol–water partition coefficient (Wildman–Crippen LogP) is 0.485. The third kappa shape index (κ3) is 8.77. The first-order valence-electron chi connectivity index (χ1n) is 13.7. The lowest BCUT2D eigenvalue weighted by atomic mass is 9.92. The molecule has 43 heavy (non-hydrogen) atoms. The van der Waals surface area contributed by atoms with Gasteiger partial charge in [0.25, 0.3) is 0 Å². The van der Waals surface area contributed by atoms with Crippen LogP contribution in [0.1, 0.15) is 45.7 Å². The van der Waals surface area contributed by atoms with Crippen molar-refractivity contribution in [2.45, 2.75) is 77.2 Å². The van der Waals surface area contributed by atoms with Gasteiger partial charge >= 0.3 is 0 Å². The molecular weight excluding hydrogens is 576 g/mol. The number of carbonyl (C=O) groups is 6. The lowest BCUT2D eigenvalue weighted by molar-refractivity contribution is -0.136. The fourth-order valence-electron chi connectivity index (χ4n) is 4.63. The van der Waals surface area contributed by atoms with Gasteiger partial charge in [0.2, 0.25) is 35.4 Å². The maximum Gasteiger partial charge on any atom is 0.245 e. The molecule has 3 rings (SSSR count). The number of amides is 6. The Hall–Kier alpha value is -4.45. The topological polar surface area (TPSA) is 189 Å². The van der Waals surface area contributed by atoms with Gasteiger partial charge in [-0.1, -0.05) is 41.9 Å². The fraction of sp³-hybridized carbons (Fsp3) is 0.400. The zero-order chi connectivity index (χ0) is 32.1. The van der Waals surface area contributed by atoms with Crippen molar-refractivity contribution in [3.8, 4) is 11.1 Å². The largest absolute Gasteiger partial charge is 0.368 e. The molecule has 230 valence electrons. The smallest absolute Gasteiger partial charge is 0.245 e. The first-order chi connectivity index (χ1) is 20.1. The van der Waals surface area contributed by atoms with Crippen LogP contribution in [-0.2, 0) is 41.6 Å². The van der Waals surface area contributed by atoms with Crippen molar-refractivity contribution in [2.75, 3.05) is 0 Å². The summed E-state index contributed by atoms with van der Waals surface area (Å²) < 4.78 is 0. The van der Waals surface area contributed by atoms with E-state index in [0.717, 1.165) is 0 Å². The summed E-state index contributed by atoms with van der Waals surface area (Å²) in [5, 5.41) is 13.3. The van der Waals surface area contributed by atoms with Crippen LogP contribution in [0.4, 0.5) is 0 Å². The Morgan fingerprint density at radius 2 is 1.53 bits per heavy atom. The van der Waals surface area contributed by atoms with Gasteiger partial charge in [-0.15, -0.1) is 0 Å². The van der Waals surface area contributed by atoms with Crippen molar-refractivity contribution < 1.29 is 28.8 Å². The molecule has 1 aliphatic heterocycles. The Bertz CT molecular complexity index is 1440. The summed E-state index contributed by atoms with van der Waals surface area (Å²) >= 11 is 6.49. The van der Waals surface area contributed by atoms with Crippen LogP contribution in [0.25, 0.3) is 11.1 Å². The Labute approximate surface area is 254 Å². The van der Waals surface area contributed by atoms with Crippen LogP contribution >= 0.6 is 11.6 Å². The highest BCUT2D eigenvalue weighted by atomic mass is 35.5. The summed E-state index contributed by atoms with van der Waals surface area (Å²) in [5.74, 6) is -3.85. The summed E-state index contributed by atoms with van der Waals surface area (Å²) in [6, 6.07) is 8.04. The molecule has 0 spiro atoms. The molecule has 2 aromatic rings. The number of benzene rings is 2. The van der Waals surface area contributed by atoms with Gasteiger partial charge in [0, 0.05) is 24.8 Å². The molecule has 0 aliphatic carbocycles.